The Balaban J connectivity index is 1.16. The molecule has 0 N–H and O–H groups in total. The molecule has 1 heteroatoms. The molecule has 0 aliphatic heterocycles. The zero-order valence-corrected chi connectivity index (χ0v) is 28.9. The minimum Gasteiger partial charge on any atom is -0.345 e. The third-order valence-electron chi connectivity index (χ3n) is 11.3. The van der Waals surface area contributed by atoms with E-state index in [4.69, 9.17) is 0 Å². The summed E-state index contributed by atoms with van der Waals surface area (Å²) in [7, 11) is 2.21. The van der Waals surface area contributed by atoms with E-state index >= 15 is 0 Å². The normalized spacial score (nSPS) is 14.8. The molecule has 51 heavy (non-hydrogen) atoms. The predicted molar refractivity (Wildman–Crippen MR) is 217 cm³/mol. The van der Waals surface area contributed by atoms with Gasteiger partial charge in [-0.3, -0.25) is 0 Å². The lowest BCUT2D eigenvalue weighted by atomic mass is 9.75. The van der Waals surface area contributed by atoms with E-state index in [1.54, 1.807) is 0 Å². The first-order chi connectivity index (χ1) is 25.2. The number of hydrogen-bond donors (Lipinski definition) is 0. The fourth-order valence-electron chi connectivity index (χ4n) is 8.82. The first kappa shape index (κ1) is 29.7. The smallest absolute Gasteiger partial charge is 0.0414 e. The highest BCUT2D eigenvalue weighted by molar-refractivity contribution is 6.08. The van der Waals surface area contributed by atoms with Gasteiger partial charge in [0.2, 0.25) is 0 Å². The molecule has 0 radical (unpaired) electrons. The minimum atomic E-state index is 0.424. The van der Waals surface area contributed by atoms with Gasteiger partial charge in [-0.05, 0) is 126 Å². The van der Waals surface area contributed by atoms with Crippen LogP contribution in [0.2, 0.25) is 0 Å². The second kappa shape index (κ2) is 11.7. The summed E-state index contributed by atoms with van der Waals surface area (Å²) < 4.78 is 0. The molecule has 0 saturated heterocycles. The van der Waals surface area contributed by atoms with Gasteiger partial charge in [-0.15, -0.1) is 0 Å². The standard InChI is InChI=1S/C50H37N/c1-32-14-13-25-46-42-22-10-7-18-38(42)40-20-9-12-24-44(40)49-31-34(27-29-47(49)50(32)46)51(2)33-26-28-45-41-21-6-5-17-37(41)35-15-3-4-16-36(35)39-19-8-11-23-43(39)48(45)30-33/h3-13,15-32H,14H2,1-2H3. The van der Waals surface area contributed by atoms with Gasteiger partial charge < -0.3 is 4.90 Å². The van der Waals surface area contributed by atoms with Crippen molar-refractivity contribution in [2.24, 2.45) is 5.92 Å². The van der Waals surface area contributed by atoms with E-state index in [1.807, 2.05) is 0 Å². The molecular formula is C50H37N. The molecule has 0 bridgehead atoms. The van der Waals surface area contributed by atoms with Crippen molar-refractivity contribution in [3.05, 3.63) is 181 Å². The maximum Gasteiger partial charge on any atom is 0.0414 e. The number of hydrogen-bond acceptors (Lipinski definition) is 1. The summed E-state index contributed by atoms with van der Waals surface area (Å²) in [5.74, 6) is 0.424. The molecule has 1 unspecified atom stereocenters. The fraction of sp³-hybridized carbons (Fsp3) is 0.0800. The van der Waals surface area contributed by atoms with Crippen LogP contribution in [0, 0.1) is 5.92 Å². The first-order valence-electron chi connectivity index (χ1n) is 18.1. The minimum absolute atomic E-state index is 0.424. The highest BCUT2D eigenvalue weighted by Gasteiger charge is 2.28. The van der Waals surface area contributed by atoms with Crippen LogP contribution in [0.3, 0.4) is 0 Å². The van der Waals surface area contributed by atoms with Gasteiger partial charge in [0.15, 0.2) is 0 Å². The Morgan fingerprint density at radius 3 is 1.18 bits per heavy atom. The Bertz CT molecular complexity index is 2590. The van der Waals surface area contributed by atoms with Crippen LogP contribution in [0.4, 0.5) is 11.4 Å². The summed E-state index contributed by atoms with van der Waals surface area (Å²) in [6, 6.07) is 58.6. The van der Waals surface area contributed by atoms with Gasteiger partial charge >= 0.3 is 0 Å². The van der Waals surface area contributed by atoms with Gasteiger partial charge in [-0.25, -0.2) is 0 Å². The van der Waals surface area contributed by atoms with Crippen molar-refractivity contribution in [3.63, 3.8) is 0 Å². The summed E-state index contributed by atoms with van der Waals surface area (Å²) in [4.78, 5) is 2.36. The van der Waals surface area contributed by atoms with E-state index in [9.17, 15) is 0 Å². The van der Waals surface area contributed by atoms with E-state index in [0.717, 1.165) is 12.1 Å². The molecule has 0 saturated carbocycles. The molecule has 1 nitrogen and oxygen atoms in total. The van der Waals surface area contributed by atoms with Crippen LogP contribution in [0.25, 0.3) is 77.9 Å². The Morgan fingerprint density at radius 2 is 0.725 bits per heavy atom. The molecule has 0 fully saturated rings. The lowest BCUT2D eigenvalue weighted by molar-refractivity contribution is 0.761. The highest BCUT2D eigenvalue weighted by Crippen LogP contribution is 2.51. The van der Waals surface area contributed by atoms with Crippen molar-refractivity contribution in [2.75, 3.05) is 11.9 Å². The molecule has 1 atom stereocenters. The highest BCUT2D eigenvalue weighted by atomic mass is 15.1. The Morgan fingerprint density at radius 1 is 0.392 bits per heavy atom. The van der Waals surface area contributed by atoms with Crippen molar-refractivity contribution in [2.45, 2.75) is 13.3 Å². The summed E-state index contributed by atoms with van der Waals surface area (Å²) >= 11 is 0. The maximum absolute atomic E-state index is 2.42. The van der Waals surface area contributed by atoms with Gasteiger partial charge in [0.25, 0.3) is 0 Å². The quantitative estimate of drug-likeness (QED) is 0.180. The monoisotopic (exact) mass is 651 g/mol. The Kier molecular flexibility index (Phi) is 6.82. The molecule has 0 aromatic heterocycles. The number of fused-ring (bicyclic) bond motifs is 15. The molecule has 7 aromatic carbocycles. The number of allylic oxidation sites excluding steroid dienone is 4. The molecule has 3 aliphatic carbocycles. The van der Waals surface area contributed by atoms with E-state index in [2.05, 4.69) is 189 Å². The summed E-state index contributed by atoms with van der Waals surface area (Å²) in [5.41, 5.74) is 23.1. The summed E-state index contributed by atoms with van der Waals surface area (Å²) in [6.45, 7) is 2.38. The van der Waals surface area contributed by atoms with Crippen molar-refractivity contribution >= 4 is 22.5 Å². The summed E-state index contributed by atoms with van der Waals surface area (Å²) in [5, 5.41) is 0. The number of nitrogens with zero attached hydrogens (tertiary/aromatic N) is 1. The summed E-state index contributed by atoms with van der Waals surface area (Å²) in [6.07, 6.45) is 5.76. The van der Waals surface area contributed by atoms with Crippen molar-refractivity contribution in [1.29, 1.82) is 0 Å². The van der Waals surface area contributed by atoms with Gasteiger partial charge in [-0.1, -0.05) is 153 Å². The van der Waals surface area contributed by atoms with Crippen LogP contribution >= 0.6 is 0 Å². The Labute approximate surface area is 300 Å². The van der Waals surface area contributed by atoms with Crippen LogP contribution < -0.4 is 4.90 Å². The van der Waals surface area contributed by atoms with E-state index in [1.165, 1.54) is 94.7 Å². The average molecular weight is 652 g/mol. The number of anilines is 2. The van der Waals surface area contributed by atoms with Crippen LogP contribution in [0.5, 0.6) is 0 Å². The molecule has 0 heterocycles. The second-order valence-corrected chi connectivity index (χ2v) is 14.1. The first-order valence-corrected chi connectivity index (χ1v) is 18.1. The van der Waals surface area contributed by atoms with Gasteiger partial charge in [0.05, 0.1) is 0 Å². The molecule has 3 aliphatic rings. The molecular weight excluding hydrogens is 615 g/mol. The van der Waals surface area contributed by atoms with Crippen molar-refractivity contribution in [3.8, 4) is 66.8 Å². The third kappa shape index (κ3) is 4.62. The zero-order valence-electron chi connectivity index (χ0n) is 28.9. The van der Waals surface area contributed by atoms with Crippen LogP contribution in [-0.2, 0) is 0 Å². The molecule has 0 spiro atoms. The lowest BCUT2D eigenvalue weighted by Crippen LogP contribution is -2.12. The van der Waals surface area contributed by atoms with Gasteiger partial charge in [0, 0.05) is 18.4 Å². The SMILES string of the molecule is CC1CC=CC2=C1c1ccc(N(C)c3ccc4c(c3)-c3ccccc3-c3ccccc3-c3ccccc3-4)cc1-c1ccccc1-c1ccccc12. The fourth-order valence-corrected chi connectivity index (χ4v) is 8.82. The predicted octanol–water partition coefficient (Wildman–Crippen LogP) is 13.6. The maximum atomic E-state index is 2.42. The van der Waals surface area contributed by atoms with Crippen LogP contribution in [0.1, 0.15) is 24.5 Å². The number of benzene rings is 7. The second-order valence-electron chi connectivity index (χ2n) is 14.1. The number of rotatable bonds is 2. The van der Waals surface area contributed by atoms with Gasteiger partial charge in [-0.2, -0.15) is 0 Å². The van der Waals surface area contributed by atoms with Crippen molar-refractivity contribution < 1.29 is 0 Å². The van der Waals surface area contributed by atoms with Gasteiger partial charge in [0.1, 0.15) is 0 Å². The topological polar surface area (TPSA) is 3.24 Å². The zero-order chi connectivity index (χ0) is 34.1. The third-order valence-corrected chi connectivity index (χ3v) is 11.3. The lowest BCUT2D eigenvalue weighted by Gasteiger charge is -2.30. The average Bonchev–Trinajstić information content (AvgIpc) is 3.19. The molecule has 242 valence electrons. The molecule has 0 amide bonds. The molecule has 7 aromatic rings. The van der Waals surface area contributed by atoms with E-state index in [-0.39, 0.29) is 0 Å². The Hall–Kier alpha value is -6.18. The molecule has 10 rings (SSSR count). The van der Waals surface area contributed by atoms with E-state index in [0.29, 0.717) is 5.92 Å². The van der Waals surface area contributed by atoms with Crippen molar-refractivity contribution in [1.82, 2.24) is 0 Å². The van der Waals surface area contributed by atoms with Crippen LogP contribution in [0.15, 0.2) is 170 Å². The largest absolute Gasteiger partial charge is 0.345 e. The van der Waals surface area contributed by atoms with Crippen LogP contribution in [-0.4, -0.2) is 7.05 Å². The van der Waals surface area contributed by atoms with E-state index < -0.39 is 0 Å².